The Kier molecular flexibility index (Phi) is 4.00. The molecule has 3 rings (SSSR count). The lowest BCUT2D eigenvalue weighted by Crippen LogP contribution is -2.37. The van der Waals surface area contributed by atoms with Crippen LogP contribution in [-0.4, -0.2) is 16.6 Å². The number of hydrogen-bond acceptors (Lipinski definition) is 4. The van der Waals surface area contributed by atoms with Gasteiger partial charge in [-0.25, -0.2) is 4.39 Å². The highest BCUT2D eigenvalue weighted by atomic mass is 19.1. The zero-order valence-electron chi connectivity index (χ0n) is 12.5. The van der Waals surface area contributed by atoms with Gasteiger partial charge in [-0.15, -0.1) is 0 Å². The quantitative estimate of drug-likeness (QED) is 0.670. The molecule has 2 aromatic carbocycles. The van der Waals surface area contributed by atoms with E-state index in [1.165, 1.54) is 6.07 Å². The normalized spacial score (nSPS) is 19.9. The van der Waals surface area contributed by atoms with Crippen molar-refractivity contribution in [2.75, 3.05) is 11.9 Å². The molecular formula is C17H17FN2O3. The maximum Gasteiger partial charge on any atom is 0.295 e. The Balaban J connectivity index is 1.86. The van der Waals surface area contributed by atoms with Crippen molar-refractivity contribution in [1.82, 2.24) is 0 Å². The Bertz CT molecular complexity index is 750. The summed E-state index contributed by atoms with van der Waals surface area (Å²) in [6, 6.07) is 11.0. The van der Waals surface area contributed by atoms with E-state index in [9.17, 15) is 19.6 Å². The van der Waals surface area contributed by atoms with Crippen LogP contribution in [-0.2, 0) is 12.0 Å². The summed E-state index contributed by atoms with van der Waals surface area (Å²) < 4.78 is 13.2. The van der Waals surface area contributed by atoms with Gasteiger partial charge in [0.2, 0.25) is 0 Å². The number of rotatable bonds is 4. The summed E-state index contributed by atoms with van der Waals surface area (Å²) in [4.78, 5) is 10.4. The van der Waals surface area contributed by atoms with Crippen LogP contribution in [0.2, 0.25) is 0 Å². The number of nitrogens with one attached hydrogen (secondary N) is 1. The summed E-state index contributed by atoms with van der Waals surface area (Å²) in [5.41, 5.74) is 0.725. The van der Waals surface area contributed by atoms with Crippen LogP contribution in [0.15, 0.2) is 42.5 Å². The smallest absolute Gasteiger partial charge is 0.295 e. The largest absolute Gasteiger partial charge is 0.383 e. The number of halogens is 1. The van der Waals surface area contributed by atoms with Gasteiger partial charge in [-0.05, 0) is 42.5 Å². The minimum absolute atomic E-state index is 0.135. The Morgan fingerprint density at radius 3 is 2.87 bits per heavy atom. The molecule has 0 aromatic heterocycles. The molecule has 1 atom stereocenters. The number of aliphatic hydroxyl groups is 1. The van der Waals surface area contributed by atoms with Crippen LogP contribution >= 0.6 is 0 Å². The number of hydrogen-bond donors (Lipinski definition) is 2. The molecule has 1 aliphatic carbocycles. The highest BCUT2D eigenvalue weighted by Gasteiger charge is 2.34. The molecule has 0 bridgehead atoms. The fourth-order valence-electron chi connectivity index (χ4n) is 3.13. The highest BCUT2D eigenvalue weighted by molar-refractivity contribution is 5.61. The summed E-state index contributed by atoms with van der Waals surface area (Å²) in [5.74, 6) is -0.663. The Labute approximate surface area is 132 Å². The fraction of sp³-hybridized carbons (Fsp3) is 0.294. The maximum atomic E-state index is 13.2. The molecule has 23 heavy (non-hydrogen) atoms. The van der Waals surface area contributed by atoms with Crippen LogP contribution in [0.5, 0.6) is 0 Å². The number of aryl methyl sites for hydroxylation is 1. The van der Waals surface area contributed by atoms with E-state index < -0.39 is 16.3 Å². The van der Waals surface area contributed by atoms with Crippen molar-refractivity contribution in [3.05, 3.63) is 69.5 Å². The molecule has 6 heteroatoms. The zero-order chi connectivity index (χ0) is 16.4. The molecule has 0 heterocycles. The van der Waals surface area contributed by atoms with Crippen molar-refractivity contribution in [2.24, 2.45) is 0 Å². The summed E-state index contributed by atoms with van der Waals surface area (Å²) in [6.45, 7) is 0.135. The lowest BCUT2D eigenvalue weighted by molar-refractivity contribution is -0.384. The topological polar surface area (TPSA) is 75.4 Å². The highest BCUT2D eigenvalue weighted by Crippen LogP contribution is 2.36. The predicted octanol–water partition coefficient (Wildman–Crippen LogP) is 3.37. The number of benzene rings is 2. The zero-order valence-corrected chi connectivity index (χ0v) is 12.5. The molecule has 2 aromatic rings. The Morgan fingerprint density at radius 1 is 1.30 bits per heavy atom. The van der Waals surface area contributed by atoms with Gasteiger partial charge >= 0.3 is 0 Å². The lowest BCUT2D eigenvalue weighted by atomic mass is 9.79. The SMILES string of the molecule is O=[N+]([O-])c1cc(F)ccc1NCC1(O)CCCc2ccccc21. The second-order valence-corrected chi connectivity index (χ2v) is 5.81. The first-order valence-corrected chi connectivity index (χ1v) is 7.48. The molecule has 120 valence electrons. The second-order valence-electron chi connectivity index (χ2n) is 5.81. The van der Waals surface area contributed by atoms with E-state index in [1.54, 1.807) is 0 Å². The molecule has 1 unspecified atom stereocenters. The van der Waals surface area contributed by atoms with Crippen molar-refractivity contribution in [1.29, 1.82) is 0 Å². The number of nitro groups is 1. The first-order valence-electron chi connectivity index (χ1n) is 7.48. The average Bonchev–Trinajstić information content (AvgIpc) is 2.54. The van der Waals surface area contributed by atoms with Crippen molar-refractivity contribution < 1.29 is 14.4 Å². The third kappa shape index (κ3) is 3.03. The van der Waals surface area contributed by atoms with Gasteiger partial charge in [0.15, 0.2) is 0 Å². The minimum Gasteiger partial charge on any atom is -0.383 e. The Morgan fingerprint density at radius 2 is 2.09 bits per heavy atom. The molecular weight excluding hydrogens is 299 g/mol. The summed E-state index contributed by atoms with van der Waals surface area (Å²) in [5, 5.41) is 24.9. The van der Waals surface area contributed by atoms with Crippen molar-refractivity contribution >= 4 is 11.4 Å². The van der Waals surface area contributed by atoms with E-state index >= 15 is 0 Å². The molecule has 0 saturated carbocycles. The van der Waals surface area contributed by atoms with Gasteiger partial charge in [0.1, 0.15) is 17.1 Å². The summed E-state index contributed by atoms with van der Waals surface area (Å²) >= 11 is 0. The van der Waals surface area contributed by atoms with E-state index in [0.717, 1.165) is 36.1 Å². The van der Waals surface area contributed by atoms with Crippen LogP contribution in [0.1, 0.15) is 24.0 Å². The Hall–Kier alpha value is -2.47. The number of nitrogens with zero attached hydrogens (tertiary/aromatic N) is 1. The van der Waals surface area contributed by atoms with Crippen molar-refractivity contribution in [3.63, 3.8) is 0 Å². The number of nitro benzene ring substituents is 1. The molecule has 0 spiro atoms. The van der Waals surface area contributed by atoms with Gasteiger partial charge in [0, 0.05) is 6.54 Å². The van der Waals surface area contributed by atoms with Crippen LogP contribution in [0.25, 0.3) is 0 Å². The molecule has 1 aliphatic rings. The van der Waals surface area contributed by atoms with Gasteiger partial charge < -0.3 is 10.4 Å². The molecule has 0 aliphatic heterocycles. The van der Waals surface area contributed by atoms with Crippen LogP contribution in [0, 0.1) is 15.9 Å². The van der Waals surface area contributed by atoms with E-state index in [4.69, 9.17) is 0 Å². The minimum atomic E-state index is -1.09. The van der Waals surface area contributed by atoms with Crippen molar-refractivity contribution in [2.45, 2.75) is 24.9 Å². The summed E-state index contributed by atoms with van der Waals surface area (Å²) in [7, 11) is 0. The third-order valence-electron chi connectivity index (χ3n) is 4.28. The van der Waals surface area contributed by atoms with E-state index in [2.05, 4.69) is 5.32 Å². The first-order chi connectivity index (χ1) is 11.0. The number of anilines is 1. The second kappa shape index (κ2) is 5.96. The molecule has 0 radical (unpaired) electrons. The van der Waals surface area contributed by atoms with E-state index in [1.807, 2.05) is 24.3 Å². The third-order valence-corrected chi connectivity index (χ3v) is 4.28. The first kappa shape index (κ1) is 15.4. The molecule has 5 nitrogen and oxygen atoms in total. The maximum absolute atomic E-state index is 13.2. The molecule has 0 amide bonds. The van der Waals surface area contributed by atoms with Crippen LogP contribution in [0.3, 0.4) is 0 Å². The van der Waals surface area contributed by atoms with Crippen LogP contribution < -0.4 is 5.32 Å². The summed E-state index contributed by atoms with van der Waals surface area (Å²) in [6.07, 6.45) is 2.34. The van der Waals surface area contributed by atoms with Gasteiger partial charge in [-0.1, -0.05) is 24.3 Å². The van der Waals surface area contributed by atoms with Crippen molar-refractivity contribution in [3.8, 4) is 0 Å². The van der Waals surface area contributed by atoms with E-state index in [-0.39, 0.29) is 17.9 Å². The molecule has 0 saturated heterocycles. The molecule has 0 fully saturated rings. The fourth-order valence-corrected chi connectivity index (χ4v) is 3.13. The average molecular weight is 316 g/mol. The van der Waals surface area contributed by atoms with Gasteiger partial charge in [-0.3, -0.25) is 10.1 Å². The monoisotopic (exact) mass is 316 g/mol. The van der Waals surface area contributed by atoms with E-state index in [0.29, 0.717) is 6.42 Å². The predicted molar refractivity (Wildman–Crippen MR) is 84.8 cm³/mol. The standard InChI is InChI=1S/C17H17FN2O3/c18-13-7-8-15(16(10-13)20(22)23)19-11-17(21)9-3-5-12-4-1-2-6-14(12)17/h1-2,4,6-8,10,19,21H,3,5,9,11H2. The van der Waals surface area contributed by atoms with Gasteiger partial charge in [0.05, 0.1) is 11.0 Å². The molecule has 2 N–H and O–H groups in total. The number of fused-ring (bicyclic) bond motifs is 1. The lowest BCUT2D eigenvalue weighted by Gasteiger charge is -2.34. The van der Waals surface area contributed by atoms with Crippen LogP contribution in [0.4, 0.5) is 15.8 Å². The van der Waals surface area contributed by atoms with Gasteiger partial charge in [-0.2, -0.15) is 0 Å². The van der Waals surface area contributed by atoms with Gasteiger partial charge in [0.25, 0.3) is 5.69 Å².